The highest BCUT2D eigenvalue weighted by Gasteiger charge is 2.33. The number of hydrogen-bond acceptors (Lipinski definition) is 3. The minimum absolute atomic E-state index is 0.0219. The number of carboxylic acid groups (broad SMARTS) is 1. The Labute approximate surface area is 80.7 Å². The van der Waals surface area contributed by atoms with E-state index >= 15 is 0 Å². The van der Waals surface area contributed by atoms with E-state index in [1.807, 2.05) is 0 Å². The van der Waals surface area contributed by atoms with E-state index in [2.05, 4.69) is 0 Å². The van der Waals surface area contributed by atoms with Crippen LogP contribution in [0.1, 0.15) is 12.8 Å². The zero-order valence-corrected chi connectivity index (χ0v) is 7.60. The summed E-state index contributed by atoms with van der Waals surface area (Å²) >= 11 is 0. The molecule has 2 amide bonds. The number of primary amides is 1. The molecule has 0 aromatic carbocycles. The Morgan fingerprint density at radius 2 is 2.21 bits per heavy atom. The Morgan fingerprint density at radius 1 is 1.57 bits per heavy atom. The van der Waals surface area contributed by atoms with Crippen LogP contribution in [0.25, 0.3) is 0 Å². The molecule has 1 fully saturated rings. The molecule has 1 atom stereocenters. The molecule has 0 bridgehead atoms. The molecule has 6 nitrogen and oxygen atoms in total. The first kappa shape index (κ1) is 10.5. The van der Waals surface area contributed by atoms with E-state index in [0.717, 1.165) is 0 Å². The summed E-state index contributed by atoms with van der Waals surface area (Å²) in [6, 6.07) is 0. The molecule has 14 heavy (non-hydrogen) atoms. The first-order valence-electron chi connectivity index (χ1n) is 4.29. The summed E-state index contributed by atoms with van der Waals surface area (Å²) < 4.78 is 0. The lowest BCUT2D eigenvalue weighted by Gasteiger charge is -2.14. The van der Waals surface area contributed by atoms with Crippen molar-refractivity contribution < 1.29 is 19.5 Å². The highest BCUT2D eigenvalue weighted by molar-refractivity contribution is 5.86. The number of carbonyl (C=O) groups excluding carboxylic acids is 2. The van der Waals surface area contributed by atoms with Gasteiger partial charge in [-0.1, -0.05) is 0 Å². The number of likely N-dealkylation sites (tertiary alicyclic amines) is 1. The van der Waals surface area contributed by atoms with Gasteiger partial charge in [0.25, 0.3) is 0 Å². The van der Waals surface area contributed by atoms with Gasteiger partial charge < -0.3 is 15.7 Å². The van der Waals surface area contributed by atoms with Crippen molar-refractivity contribution in [2.45, 2.75) is 12.8 Å². The summed E-state index contributed by atoms with van der Waals surface area (Å²) in [5.41, 5.74) is 4.92. The van der Waals surface area contributed by atoms with Gasteiger partial charge in [0, 0.05) is 25.9 Å². The van der Waals surface area contributed by atoms with Crippen LogP contribution in [0.15, 0.2) is 0 Å². The topological polar surface area (TPSA) is 101 Å². The zero-order chi connectivity index (χ0) is 10.7. The standard InChI is InChI=1S/C8H12N2O4/c9-6(11)1-2-10-4-5(8(13)14)3-7(10)12/h5H,1-4H2,(H2,9,11)(H,13,14). The Morgan fingerprint density at radius 3 is 2.64 bits per heavy atom. The zero-order valence-electron chi connectivity index (χ0n) is 7.60. The highest BCUT2D eigenvalue weighted by atomic mass is 16.4. The molecular weight excluding hydrogens is 188 g/mol. The van der Waals surface area contributed by atoms with Gasteiger partial charge in [-0.05, 0) is 0 Å². The molecule has 0 radical (unpaired) electrons. The molecule has 0 spiro atoms. The molecule has 78 valence electrons. The van der Waals surface area contributed by atoms with E-state index < -0.39 is 17.8 Å². The summed E-state index contributed by atoms with van der Waals surface area (Å²) in [4.78, 5) is 33.6. The molecule has 1 rings (SSSR count). The molecule has 1 heterocycles. The van der Waals surface area contributed by atoms with Crippen molar-refractivity contribution in [1.82, 2.24) is 4.90 Å². The Balaban J connectivity index is 2.44. The first-order valence-corrected chi connectivity index (χ1v) is 4.29. The molecule has 0 aromatic rings. The Kier molecular flexibility index (Phi) is 3.06. The summed E-state index contributed by atoms with van der Waals surface area (Å²) in [7, 11) is 0. The van der Waals surface area contributed by atoms with E-state index in [1.165, 1.54) is 4.90 Å². The Bertz CT molecular complexity index is 277. The lowest BCUT2D eigenvalue weighted by Crippen LogP contribution is -2.30. The number of aliphatic carboxylic acids is 1. The van der Waals surface area contributed by atoms with Crippen molar-refractivity contribution >= 4 is 17.8 Å². The summed E-state index contributed by atoms with van der Waals surface area (Å²) in [6.07, 6.45) is 0.103. The minimum Gasteiger partial charge on any atom is -0.481 e. The number of hydrogen-bond donors (Lipinski definition) is 2. The van der Waals surface area contributed by atoms with Crippen molar-refractivity contribution in [1.29, 1.82) is 0 Å². The van der Waals surface area contributed by atoms with Crippen LogP contribution in [-0.2, 0) is 14.4 Å². The summed E-state index contributed by atoms with van der Waals surface area (Å²) in [5, 5.41) is 8.66. The van der Waals surface area contributed by atoms with Crippen LogP contribution in [0.2, 0.25) is 0 Å². The molecular formula is C8H12N2O4. The predicted octanol–water partition coefficient (Wildman–Crippen LogP) is -1.21. The van der Waals surface area contributed by atoms with Crippen molar-refractivity contribution in [3.05, 3.63) is 0 Å². The van der Waals surface area contributed by atoms with E-state index in [1.54, 1.807) is 0 Å². The molecule has 0 saturated carbocycles. The van der Waals surface area contributed by atoms with Gasteiger partial charge in [-0.25, -0.2) is 0 Å². The maximum absolute atomic E-state index is 11.2. The third-order valence-electron chi connectivity index (χ3n) is 2.19. The van der Waals surface area contributed by atoms with Gasteiger partial charge in [0.1, 0.15) is 0 Å². The fraction of sp³-hybridized carbons (Fsp3) is 0.625. The van der Waals surface area contributed by atoms with Gasteiger partial charge in [0.2, 0.25) is 11.8 Å². The second-order valence-electron chi connectivity index (χ2n) is 3.30. The average Bonchev–Trinajstić information content (AvgIpc) is 2.43. The Hall–Kier alpha value is -1.59. The van der Waals surface area contributed by atoms with E-state index in [4.69, 9.17) is 10.8 Å². The summed E-state index contributed by atoms with van der Waals surface area (Å²) in [5.74, 6) is -2.33. The van der Waals surface area contributed by atoms with Gasteiger partial charge in [-0.3, -0.25) is 14.4 Å². The quantitative estimate of drug-likeness (QED) is 0.594. The molecule has 1 aliphatic heterocycles. The number of amides is 2. The maximum Gasteiger partial charge on any atom is 0.308 e. The number of carbonyl (C=O) groups is 3. The largest absolute Gasteiger partial charge is 0.481 e. The van der Waals surface area contributed by atoms with Crippen LogP contribution in [0.5, 0.6) is 0 Å². The SMILES string of the molecule is NC(=O)CCN1CC(C(=O)O)CC1=O. The smallest absolute Gasteiger partial charge is 0.308 e. The number of rotatable bonds is 4. The molecule has 1 saturated heterocycles. The summed E-state index contributed by atoms with van der Waals surface area (Å²) in [6.45, 7) is 0.402. The lowest BCUT2D eigenvalue weighted by atomic mass is 10.1. The fourth-order valence-electron chi connectivity index (χ4n) is 1.40. The molecule has 3 N–H and O–H groups in total. The monoisotopic (exact) mass is 200 g/mol. The second-order valence-corrected chi connectivity index (χ2v) is 3.30. The third kappa shape index (κ3) is 2.45. The van der Waals surface area contributed by atoms with Crippen LogP contribution in [-0.4, -0.2) is 40.9 Å². The molecule has 0 aromatic heterocycles. The molecule has 0 aliphatic carbocycles. The van der Waals surface area contributed by atoms with Crippen LogP contribution < -0.4 is 5.73 Å². The van der Waals surface area contributed by atoms with Gasteiger partial charge >= 0.3 is 5.97 Å². The number of nitrogens with zero attached hydrogens (tertiary/aromatic N) is 1. The number of nitrogens with two attached hydrogens (primary N) is 1. The van der Waals surface area contributed by atoms with Gasteiger partial charge in [-0.15, -0.1) is 0 Å². The molecule has 1 aliphatic rings. The van der Waals surface area contributed by atoms with E-state index in [0.29, 0.717) is 0 Å². The normalized spacial score (nSPS) is 21.3. The first-order chi connectivity index (χ1) is 6.50. The number of carboxylic acids is 1. The second kappa shape index (κ2) is 4.08. The van der Waals surface area contributed by atoms with Crippen molar-refractivity contribution in [2.24, 2.45) is 11.7 Å². The van der Waals surface area contributed by atoms with Crippen LogP contribution in [0.3, 0.4) is 0 Å². The van der Waals surface area contributed by atoms with Crippen molar-refractivity contribution in [3.8, 4) is 0 Å². The van der Waals surface area contributed by atoms with Crippen LogP contribution in [0.4, 0.5) is 0 Å². The van der Waals surface area contributed by atoms with E-state index in [9.17, 15) is 14.4 Å². The molecule has 6 heteroatoms. The third-order valence-corrected chi connectivity index (χ3v) is 2.19. The van der Waals surface area contributed by atoms with E-state index in [-0.39, 0.29) is 31.8 Å². The minimum atomic E-state index is -0.972. The van der Waals surface area contributed by atoms with Crippen molar-refractivity contribution in [2.75, 3.05) is 13.1 Å². The van der Waals surface area contributed by atoms with Gasteiger partial charge in [0.05, 0.1) is 5.92 Å². The predicted molar refractivity (Wildman–Crippen MR) is 46.1 cm³/mol. The lowest BCUT2D eigenvalue weighted by molar-refractivity contribution is -0.141. The highest BCUT2D eigenvalue weighted by Crippen LogP contribution is 2.17. The molecule has 1 unspecified atom stereocenters. The van der Waals surface area contributed by atoms with Crippen molar-refractivity contribution in [3.63, 3.8) is 0 Å². The van der Waals surface area contributed by atoms with Crippen LogP contribution >= 0.6 is 0 Å². The van der Waals surface area contributed by atoms with Gasteiger partial charge in [-0.2, -0.15) is 0 Å². The van der Waals surface area contributed by atoms with Gasteiger partial charge in [0.15, 0.2) is 0 Å². The van der Waals surface area contributed by atoms with Crippen LogP contribution in [0, 0.1) is 5.92 Å². The average molecular weight is 200 g/mol. The maximum atomic E-state index is 11.2. The fourth-order valence-corrected chi connectivity index (χ4v) is 1.40.